The van der Waals surface area contributed by atoms with Crippen molar-refractivity contribution in [2.75, 3.05) is 14.1 Å². The minimum Gasteiger partial charge on any atom is -0.303 e. The first kappa shape index (κ1) is 11.2. The molecule has 0 N–H and O–H groups in total. The van der Waals surface area contributed by atoms with Crippen LogP contribution in [0.25, 0.3) is 0 Å². The molecular formula is C9H14N4O2. The number of nitrogens with zero attached hydrogens (tertiary/aromatic N) is 4. The molecule has 82 valence electrons. The van der Waals surface area contributed by atoms with Gasteiger partial charge in [-0.2, -0.15) is 5.10 Å². The highest BCUT2D eigenvalue weighted by molar-refractivity contribution is 5.78. The van der Waals surface area contributed by atoms with E-state index in [4.69, 9.17) is 0 Å². The summed E-state index contributed by atoms with van der Waals surface area (Å²) in [4.78, 5) is 22.9. The van der Waals surface area contributed by atoms with Crippen molar-refractivity contribution in [1.82, 2.24) is 14.1 Å². The highest BCUT2D eigenvalue weighted by atomic mass is 16.2. The number of hydrogen-bond acceptors (Lipinski definition) is 4. The average Bonchev–Trinajstić information content (AvgIpc) is 2.18. The van der Waals surface area contributed by atoms with E-state index in [1.54, 1.807) is 26.2 Å². The highest BCUT2D eigenvalue weighted by Gasteiger charge is 2.03. The van der Waals surface area contributed by atoms with Crippen molar-refractivity contribution in [3.8, 4) is 0 Å². The lowest BCUT2D eigenvalue weighted by molar-refractivity contribution is 0.440. The van der Waals surface area contributed by atoms with E-state index in [0.29, 0.717) is 5.56 Å². The lowest BCUT2D eigenvalue weighted by Gasteiger charge is -2.05. The third-order valence-electron chi connectivity index (χ3n) is 1.90. The van der Waals surface area contributed by atoms with Crippen molar-refractivity contribution in [2.24, 2.45) is 19.2 Å². The summed E-state index contributed by atoms with van der Waals surface area (Å²) < 4.78 is 2.40. The van der Waals surface area contributed by atoms with Gasteiger partial charge in [0.05, 0.1) is 11.8 Å². The van der Waals surface area contributed by atoms with Crippen LogP contribution in [0.2, 0.25) is 0 Å². The van der Waals surface area contributed by atoms with E-state index in [1.807, 2.05) is 0 Å². The molecule has 0 bridgehead atoms. The summed E-state index contributed by atoms with van der Waals surface area (Å²) in [7, 11) is 6.54. The molecular weight excluding hydrogens is 196 g/mol. The molecule has 1 heterocycles. The molecule has 6 nitrogen and oxygen atoms in total. The fraction of sp³-hybridized carbons (Fsp3) is 0.444. The molecule has 0 atom stereocenters. The molecule has 0 fully saturated rings. The van der Waals surface area contributed by atoms with Crippen LogP contribution in [0.1, 0.15) is 5.56 Å². The van der Waals surface area contributed by atoms with E-state index >= 15 is 0 Å². The van der Waals surface area contributed by atoms with Crippen LogP contribution >= 0.6 is 0 Å². The zero-order chi connectivity index (χ0) is 11.6. The molecule has 0 amide bonds. The third-order valence-corrected chi connectivity index (χ3v) is 1.90. The van der Waals surface area contributed by atoms with Crippen molar-refractivity contribution >= 4 is 6.21 Å². The Balaban J connectivity index is 3.34. The number of hydrogen-bond donors (Lipinski definition) is 0. The van der Waals surface area contributed by atoms with Gasteiger partial charge in [-0.05, 0) is 0 Å². The number of aryl methyl sites for hydroxylation is 1. The maximum absolute atomic E-state index is 11.6. The number of rotatable bonds is 2. The molecule has 0 aromatic carbocycles. The van der Waals surface area contributed by atoms with Gasteiger partial charge in [0.2, 0.25) is 0 Å². The molecule has 0 aliphatic heterocycles. The van der Waals surface area contributed by atoms with Crippen molar-refractivity contribution in [2.45, 2.75) is 0 Å². The largest absolute Gasteiger partial charge is 0.330 e. The van der Waals surface area contributed by atoms with Gasteiger partial charge in [-0.25, -0.2) is 4.79 Å². The fourth-order valence-electron chi connectivity index (χ4n) is 1.10. The zero-order valence-corrected chi connectivity index (χ0v) is 9.26. The molecule has 0 saturated carbocycles. The second-order valence-corrected chi connectivity index (χ2v) is 3.43. The lowest BCUT2D eigenvalue weighted by Crippen LogP contribution is -2.38. The van der Waals surface area contributed by atoms with Crippen LogP contribution in [0.5, 0.6) is 0 Å². The second-order valence-electron chi connectivity index (χ2n) is 3.43. The summed E-state index contributed by atoms with van der Waals surface area (Å²) in [5.74, 6) is 0. The van der Waals surface area contributed by atoms with Crippen LogP contribution in [-0.4, -0.2) is 34.5 Å². The summed E-state index contributed by atoms with van der Waals surface area (Å²) in [5, 5.41) is 5.52. The molecule has 0 radical (unpaired) electrons. The van der Waals surface area contributed by atoms with Gasteiger partial charge >= 0.3 is 5.69 Å². The van der Waals surface area contributed by atoms with Gasteiger partial charge in [0, 0.05) is 34.4 Å². The first-order valence-corrected chi connectivity index (χ1v) is 4.41. The Labute approximate surface area is 87.1 Å². The van der Waals surface area contributed by atoms with E-state index in [0.717, 1.165) is 4.57 Å². The molecule has 1 rings (SSSR count). The van der Waals surface area contributed by atoms with Crippen molar-refractivity contribution in [1.29, 1.82) is 0 Å². The molecule has 6 heteroatoms. The Kier molecular flexibility index (Phi) is 3.08. The van der Waals surface area contributed by atoms with Gasteiger partial charge < -0.3 is 9.58 Å². The predicted octanol–water partition coefficient (Wildman–Crippen LogP) is -1.02. The Morgan fingerprint density at radius 1 is 1.33 bits per heavy atom. The lowest BCUT2D eigenvalue weighted by atomic mass is 10.3. The number of aromatic nitrogens is 2. The van der Waals surface area contributed by atoms with E-state index in [-0.39, 0.29) is 11.2 Å². The van der Waals surface area contributed by atoms with E-state index in [9.17, 15) is 9.59 Å². The standard InChI is InChI=1S/C9H14N4O2/c1-11(2)10-5-7-6-12(3)9(15)13(4)8(7)14/h5-6H,1-4H3. The fourth-order valence-corrected chi connectivity index (χ4v) is 1.10. The highest BCUT2D eigenvalue weighted by Crippen LogP contribution is 1.84. The van der Waals surface area contributed by atoms with Crippen LogP contribution in [0.15, 0.2) is 20.9 Å². The second kappa shape index (κ2) is 4.12. The summed E-state index contributed by atoms with van der Waals surface area (Å²) in [6.07, 6.45) is 2.90. The molecule has 0 spiro atoms. The summed E-state index contributed by atoms with van der Waals surface area (Å²) in [5.41, 5.74) is -0.306. The molecule has 1 aromatic heterocycles. The monoisotopic (exact) mass is 210 g/mol. The summed E-state index contributed by atoms with van der Waals surface area (Å²) in [6.45, 7) is 0. The predicted molar refractivity (Wildman–Crippen MR) is 58.2 cm³/mol. The molecule has 0 aliphatic carbocycles. The van der Waals surface area contributed by atoms with E-state index in [1.165, 1.54) is 24.0 Å². The van der Waals surface area contributed by atoms with Crippen molar-refractivity contribution in [3.63, 3.8) is 0 Å². The molecule has 15 heavy (non-hydrogen) atoms. The third kappa shape index (κ3) is 2.34. The van der Waals surface area contributed by atoms with Gasteiger partial charge in [0.25, 0.3) is 5.56 Å². The molecule has 0 aliphatic rings. The Morgan fingerprint density at radius 2 is 1.93 bits per heavy atom. The first-order chi connectivity index (χ1) is 6.93. The van der Waals surface area contributed by atoms with Gasteiger partial charge in [-0.3, -0.25) is 9.36 Å². The molecule has 0 unspecified atom stereocenters. The Morgan fingerprint density at radius 3 is 2.47 bits per heavy atom. The Bertz CT molecular complexity index is 496. The zero-order valence-electron chi connectivity index (χ0n) is 9.26. The van der Waals surface area contributed by atoms with Gasteiger partial charge in [-0.15, -0.1) is 0 Å². The van der Waals surface area contributed by atoms with Crippen LogP contribution in [0.4, 0.5) is 0 Å². The quantitative estimate of drug-likeness (QED) is 0.463. The average molecular weight is 210 g/mol. The van der Waals surface area contributed by atoms with Crippen LogP contribution in [0, 0.1) is 0 Å². The number of hydrazone groups is 1. The normalized spacial score (nSPS) is 10.9. The van der Waals surface area contributed by atoms with Gasteiger partial charge in [0.1, 0.15) is 0 Å². The maximum atomic E-state index is 11.6. The summed E-state index contributed by atoms with van der Waals surface area (Å²) >= 11 is 0. The molecule has 0 saturated heterocycles. The topological polar surface area (TPSA) is 59.6 Å². The maximum Gasteiger partial charge on any atom is 0.330 e. The SMILES string of the molecule is CN(C)N=Cc1cn(C)c(=O)n(C)c1=O. The van der Waals surface area contributed by atoms with Crippen molar-refractivity contribution in [3.05, 3.63) is 32.6 Å². The van der Waals surface area contributed by atoms with Crippen LogP contribution in [-0.2, 0) is 14.1 Å². The van der Waals surface area contributed by atoms with Crippen LogP contribution < -0.4 is 11.2 Å². The van der Waals surface area contributed by atoms with Crippen LogP contribution in [0.3, 0.4) is 0 Å². The van der Waals surface area contributed by atoms with E-state index in [2.05, 4.69) is 5.10 Å². The Hall–Kier alpha value is -1.85. The minimum absolute atomic E-state index is 0.344. The summed E-state index contributed by atoms with van der Waals surface area (Å²) in [6, 6.07) is 0. The molecule has 1 aromatic rings. The minimum atomic E-state index is -0.345. The van der Waals surface area contributed by atoms with Gasteiger partial charge in [-0.1, -0.05) is 0 Å². The van der Waals surface area contributed by atoms with Gasteiger partial charge in [0.15, 0.2) is 0 Å². The smallest absolute Gasteiger partial charge is 0.303 e. The van der Waals surface area contributed by atoms with Crippen molar-refractivity contribution < 1.29 is 0 Å². The van der Waals surface area contributed by atoms with E-state index < -0.39 is 0 Å². The first-order valence-electron chi connectivity index (χ1n) is 4.41.